The number of carbonyl (C=O) groups is 3. The number of esters is 1. The molecule has 0 radical (unpaired) electrons. The van der Waals surface area contributed by atoms with E-state index in [0.717, 1.165) is 25.7 Å². The van der Waals surface area contributed by atoms with E-state index in [0.29, 0.717) is 19.3 Å². The van der Waals surface area contributed by atoms with E-state index in [4.69, 9.17) is 4.74 Å². The maximum atomic E-state index is 12.4. The summed E-state index contributed by atoms with van der Waals surface area (Å²) in [5.74, 6) is -1.47. The maximum absolute atomic E-state index is 12.4. The van der Waals surface area contributed by atoms with Crippen LogP contribution in [0.15, 0.2) is 0 Å². The minimum atomic E-state index is -0.727. The second kappa shape index (κ2) is 9.53. The van der Waals surface area contributed by atoms with Crippen molar-refractivity contribution in [3.63, 3.8) is 0 Å². The fourth-order valence-corrected chi connectivity index (χ4v) is 2.64. The van der Waals surface area contributed by atoms with Gasteiger partial charge in [0.2, 0.25) is 5.91 Å². The molecule has 1 aliphatic rings. The van der Waals surface area contributed by atoms with Crippen LogP contribution in [-0.4, -0.2) is 30.3 Å². The van der Waals surface area contributed by atoms with Crippen LogP contribution in [0.1, 0.15) is 65.2 Å². The van der Waals surface area contributed by atoms with Gasteiger partial charge in [-0.05, 0) is 19.8 Å². The van der Waals surface area contributed by atoms with E-state index in [2.05, 4.69) is 12.2 Å². The van der Waals surface area contributed by atoms with Crippen LogP contribution >= 0.6 is 0 Å². The Morgan fingerprint density at radius 2 is 1.95 bits per heavy atom. The molecule has 0 aliphatic carbocycles. The largest absolute Gasteiger partial charge is 0.465 e. The first-order chi connectivity index (χ1) is 10.1. The molecule has 1 amide bonds. The van der Waals surface area contributed by atoms with Gasteiger partial charge in [0.25, 0.3) is 0 Å². The van der Waals surface area contributed by atoms with Gasteiger partial charge < -0.3 is 10.1 Å². The van der Waals surface area contributed by atoms with E-state index in [1.165, 1.54) is 6.42 Å². The van der Waals surface area contributed by atoms with Crippen LogP contribution in [0, 0.1) is 5.92 Å². The van der Waals surface area contributed by atoms with E-state index in [1.807, 2.05) is 0 Å². The zero-order chi connectivity index (χ0) is 15.7. The molecule has 5 nitrogen and oxygen atoms in total. The molecule has 120 valence electrons. The van der Waals surface area contributed by atoms with Gasteiger partial charge in [0.1, 0.15) is 5.92 Å². The van der Waals surface area contributed by atoms with Gasteiger partial charge in [0, 0.05) is 6.42 Å². The van der Waals surface area contributed by atoms with Crippen molar-refractivity contribution in [1.82, 2.24) is 5.32 Å². The van der Waals surface area contributed by atoms with Crippen LogP contribution in [0.3, 0.4) is 0 Å². The molecule has 1 N–H and O–H groups in total. The molecule has 1 unspecified atom stereocenters. The standard InChI is InChI=1S/C16H27NO4/c1-3-5-6-7-8-9-12(16(20)21-4-2)15(19)13-10-11-14(18)17-13/h12-13H,3-11H2,1-2H3,(H,17,18)/t12?,13-/m0/s1. The van der Waals surface area contributed by atoms with E-state index >= 15 is 0 Å². The molecule has 0 bridgehead atoms. The summed E-state index contributed by atoms with van der Waals surface area (Å²) in [4.78, 5) is 35.6. The molecule has 0 aromatic rings. The lowest BCUT2D eigenvalue weighted by atomic mass is 9.91. The van der Waals surface area contributed by atoms with Crippen molar-refractivity contribution in [3.05, 3.63) is 0 Å². The van der Waals surface area contributed by atoms with Gasteiger partial charge in [-0.2, -0.15) is 0 Å². The predicted molar refractivity (Wildman–Crippen MR) is 79.7 cm³/mol. The van der Waals surface area contributed by atoms with Gasteiger partial charge in [-0.25, -0.2) is 0 Å². The van der Waals surface area contributed by atoms with Crippen molar-refractivity contribution < 1.29 is 19.1 Å². The summed E-state index contributed by atoms with van der Waals surface area (Å²) in [6, 6.07) is -0.512. The number of ketones is 1. The van der Waals surface area contributed by atoms with Gasteiger partial charge in [0.15, 0.2) is 5.78 Å². The van der Waals surface area contributed by atoms with Crippen molar-refractivity contribution in [1.29, 1.82) is 0 Å². The van der Waals surface area contributed by atoms with Crippen LogP contribution in [-0.2, 0) is 19.1 Å². The topological polar surface area (TPSA) is 72.5 Å². The molecule has 5 heteroatoms. The predicted octanol–water partition coefficient (Wildman–Crippen LogP) is 2.37. The summed E-state index contributed by atoms with van der Waals surface area (Å²) in [7, 11) is 0. The highest BCUT2D eigenvalue weighted by Gasteiger charge is 2.36. The third kappa shape index (κ3) is 5.86. The lowest BCUT2D eigenvalue weighted by molar-refractivity contribution is -0.152. The van der Waals surface area contributed by atoms with Gasteiger partial charge in [-0.1, -0.05) is 39.0 Å². The Morgan fingerprint density at radius 1 is 1.24 bits per heavy atom. The molecule has 1 saturated heterocycles. The number of ether oxygens (including phenoxy) is 1. The monoisotopic (exact) mass is 297 g/mol. The number of carbonyl (C=O) groups excluding carboxylic acids is 3. The molecular formula is C16H27NO4. The average Bonchev–Trinajstić information content (AvgIpc) is 2.89. The fraction of sp³-hybridized carbons (Fsp3) is 0.812. The maximum Gasteiger partial charge on any atom is 0.316 e. The number of hydrogen-bond acceptors (Lipinski definition) is 4. The summed E-state index contributed by atoms with van der Waals surface area (Å²) in [5.41, 5.74) is 0. The first-order valence-electron chi connectivity index (χ1n) is 8.09. The normalized spacial score (nSPS) is 19.1. The number of nitrogens with one attached hydrogen (secondary N) is 1. The quantitative estimate of drug-likeness (QED) is 0.382. The van der Waals surface area contributed by atoms with Crippen molar-refractivity contribution in [2.24, 2.45) is 5.92 Å². The third-order valence-electron chi connectivity index (χ3n) is 3.85. The van der Waals surface area contributed by atoms with E-state index in [9.17, 15) is 14.4 Å². The van der Waals surface area contributed by atoms with E-state index in [-0.39, 0.29) is 18.3 Å². The number of unbranched alkanes of at least 4 members (excludes halogenated alkanes) is 4. The molecular weight excluding hydrogens is 270 g/mol. The second-order valence-corrected chi connectivity index (χ2v) is 5.57. The Morgan fingerprint density at radius 3 is 2.52 bits per heavy atom. The minimum Gasteiger partial charge on any atom is -0.465 e. The molecule has 0 aromatic carbocycles. The summed E-state index contributed by atoms with van der Waals surface area (Å²) < 4.78 is 5.02. The summed E-state index contributed by atoms with van der Waals surface area (Å²) in [5, 5.41) is 2.65. The number of hydrogen-bond donors (Lipinski definition) is 1. The highest BCUT2D eigenvalue weighted by molar-refractivity contribution is 6.04. The fourth-order valence-electron chi connectivity index (χ4n) is 2.64. The van der Waals surface area contributed by atoms with Crippen molar-refractivity contribution >= 4 is 17.7 Å². The number of rotatable bonds is 10. The summed E-state index contributed by atoms with van der Waals surface area (Å²) in [6.45, 7) is 4.15. The molecule has 0 saturated carbocycles. The van der Waals surface area contributed by atoms with Crippen LogP contribution in [0.2, 0.25) is 0 Å². The molecule has 1 aliphatic heterocycles. The highest BCUT2D eigenvalue weighted by atomic mass is 16.5. The van der Waals surface area contributed by atoms with E-state index < -0.39 is 17.9 Å². The molecule has 1 heterocycles. The van der Waals surface area contributed by atoms with Crippen LogP contribution in [0.4, 0.5) is 0 Å². The zero-order valence-electron chi connectivity index (χ0n) is 13.2. The van der Waals surface area contributed by atoms with Crippen LogP contribution < -0.4 is 5.32 Å². The first-order valence-corrected chi connectivity index (χ1v) is 8.09. The third-order valence-corrected chi connectivity index (χ3v) is 3.85. The Labute approximate surface area is 126 Å². The van der Waals surface area contributed by atoms with Crippen LogP contribution in [0.25, 0.3) is 0 Å². The second-order valence-electron chi connectivity index (χ2n) is 5.57. The molecule has 0 spiro atoms. The van der Waals surface area contributed by atoms with Crippen molar-refractivity contribution in [3.8, 4) is 0 Å². The Hall–Kier alpha value is -1.39. The van der Waals surface area contributed by atoms with Crippen molar-refractivity contribution in [2.75, 3.05) is 6.61 Å². The average molecular weight is 297 g/mol. The highest BCUT2D eigenvalue weighted by Crippen LogP contribution is 2.19. The number of amides is 1. The Balaban J connectivity index is 2.52. The Kier molecular flexibility index (Phi) is 8.01. The number of Topliss-reactive ketones (excluding diaryl/α,β-unsaturated/α-hetero) is 1. The van der Waals surface area contributed by atoms with Gasteiger partial charge in [0.05, 0.1) is 12.6 Å². The SMILES string of the molecule is CCCCCCCC(C(=O)OCC)C(=O)[C@@H]1CCC(=O)N1. The summed E-state index contributed by atoms with van der Waals surface area (Å²) >= 11 is 0. The van der Waals surface area contributed by atoms with Crippen molar-refractivity contribution in [2.45, 2.75) is 71.3 Å². The molecule has 1 fully saturated rings. The molecule has 2 atom stereocenters. The summed E-state index contributed by atoms with van der Waals surface area (Å²) in [6.07, 6.45) is 6.70. The van der Waals surface area contributed by atoms with Gasteiger partial charge in [-0.15, -0.1) is 0 Å². The Bertz CT molecular complexity index is 367. The first kappa shape index (κ1) is 17.7. The lowest BCUT2D eigenvalue weighted by Crippen LogP contribution is -2.40. The molecule has 21 heavy (non-hydrogen) atoms. The lowest BCUT2D eigenvalue weighted by Gasteiger charge is -2.18. The van der Waals surface area contributed by atoms with Gasteiger partial charge in [-0.3, -0.25) is 14.4 Å². The minimum absolute atomic E-state index is 0.112. The molecule has 0 aromatic heterocycles. The van der Waals surface area contributed by atoms with Crippen LogP contribution in [0.5, 0.6) is 0 Å². The molecule has 1 rings (SSSR count). The van der Waals surface area contributed by atoms with Gasteiger partial charge >= 0.3 is 5.97 Å². The smallest absolute Gasteiger partial charge is 0.316 e. The van der Waals surface area contributed by atoms with E-state index in [1.54, 1.807) is 6.92 Å². The zero-order valence-corrected chi connectivity index (χ0v) is 13.2.